The van der Waals surface area contributed by atoms with Crippen molar-refractivity contribution in [3.63, 3.8) is 0 Å². The first-order valence-corrected chi connectivity index (χ1v) is 12.3. The molecule has 0 N–H and O–H groups in total. The highest BCUT2D eigenvalue weighted by Gasteiger charge is 2.25. The third-order valence-electron chi connectivity index (χ3n) is 6.57. The highest BCUT2D eigenvalue weighted by atomic mass is 19.2. The second kappa shape index (κ2) is 12.0. The number of benzene rings is 3. The number of methoxy groups -OCH3 is 1. The van der Waals surface area contributed by atoms with Crippen LogP contribution in [-0.4, -0.2) is 54.9 Å². The topological polar surface area (TPSA) is 53.1 Å². The predicted octanol–water partition coefficient (Wildman–Crippen LogP) is 4.87. The summed E-state index contributed by atoms with van der Waals surface area (Å²) in [6.45, 7) is 4.09. The van der Waals surface area contributed by atoms with Crippen LogP contribution in [-0.2, 0) is 17.9 Å². The molecule has 37 heavy (non-hydrogen) atoms. The maximum atomic E-state index is 14.4. The lowest BCUT2D eigenvalue weighted by Crippen LogP contribution is -2.38. The quantitative estimate of drug-likeness (QED) is 0.506. The summed E-state index contributed by atoms with van der Waals surface area (Å²) < 4.78 is 33.9. The molecule has 0 saturated carbocycles. The zero-order chi connectivity index (χ0) is 26.4. The van der Waals surface area contributed by atoms with Crippen LogP contribution in [0.3, 0.4) is 0 Å². The Balaban J connectivity index is 1.70. The molecule has 0 radical (unpaired) electrons. The molecule has 4 rings (SSSR count). The first-order valence-electron chi connectivity index (χ1n) is 12.3. The minimum atomic E-state index is -1.03. The number of carbonyl (C=O) groups is 2. The van der Waals surface area contributed by atoms with E-state index in [0.717, 1.165) is 17.7 Å². The van der Waals surface area contributed by atoms with Crippen LogP contribution in [0.2, 0.25) is 0 Å². The highest BCUT2D eigenvalue weighted by Crippen LogP contribution is 2.28. The maximum absolute atomic E-state index is 14.4. The van der Waals surface area contributed by atoms with Gasteiger partial charge in [-0.05, 0) is 47.9 Å². The van der Waals surface area contributed by atoms with Gasteiger partial charge >= 0.3 is 0 Å². The lowest BCUT2D eigenvalue weighted by Gasteiger charge is -2.28. The summed E-state index contributed by atoms with van der Waals surface area (Å²) in [5.74, 6) is -1.93. The molecule has 0 saturated heterocycles. The normalized spacial score (nSPS) is 15.0. The van der Waals surface area contributed by atoms with Gasteiger partial charge in [0.2, 0.25) is 5.91 Å². The average molecular weight is 508 g/mol. The molecule has 194 valence electrons. The number of ether oxygens (including phenoxy) is 1. The molecule has 0 atom stereocenters. The van der Waals surface area contributed by atoms with Gasteiger partial charge < -0.3 is 14.5 Å². The molecule has 3 aromatic carbocycles. The second-order valence-electron chi connectivity index (χ2n) is 9.14. The van der Waals surface area contributed by atoms with E-state index in [9.17, 15) is 18.4 Å². The number of carbonyl (C=O) groups excluding carboxylic acids is 2. The van der Waals surface area contributed by atoms with Gasteiger partial charge in [-0.3, -0.25) is 14.5 Å². The maximum Gasteiger partial charge on any atom is 0.254 e. The molecule has 2 amide bonds. The fraction of sp³-hybridized carbons (Fsp3) is 0.310. The van der Waals surface area contributed by atoms with Gasteiger partial charge in [0.05, 0.1) is 12.8 Å². The summed E-state index contributed by atoms with van der Waals surface area (Å²) in [6, 6.07) is 19.0. The Kier molecular flexibility index (Phi) is 8.50. The van der Waals surface area contributed by atoms with E-state index in [1.54, 1.807) is 36.3 Å². The molecule has 0 bridgehead atoms. The smallest absolute Gasteiger partial charge is 0.254 e. The monoisotopic (exact) mass is 507 g/mol. The number of rotatable bonds is 4. The van der Waals surface area contributed by atoms with Gasteiger partial charge in [0, 0.05) is 57.8 Å². The van der Waals surface area contributed by atoms with E-state index < -0.39 is 11.6 Å². The number of halogens is 2. The number of nitrogens with zero attached hydrogens (tertiary/aromatic N) is 3. The Bertz CT molecular complexity index is 1240. The summed E-state index contributed by atoms with van der Waals surface area (Å²) in [7, 11) is 1.55. The number of hydrogen-bond acceptors (Lipinski definition) is 4. The van der Waals surface area contributed by atoms with Crippen LogP contribution in [0.15, 0.2) is 66.7 Å². The summed E-state index contributed by atoms with van der Waals surface area (Å²) in [5.41, 5.74) is 2.27. The zero-order valence-corrected chi connectivity index (χ0v) is 21.1. The van der Waals surface area contributed by atoms with Crippen LogP contribution < -0.4 is 9.64 Å². The van der Waals surface area contributed by atoms with E-state index in [0.29, 0.717) is 56.0 Å². The van der Waals surface area contributed by atoms with E-state index in [4.69, 9.17) is 4.74 Å². The molecule has 8 heteroatoms. The molecule has 3 aromatic rings. The standard InChI is InChI=1S/C29H31F2N3O3/c1-21(35)34-14-6-13-32(19-22-7-4-3-5-8-22)15-16-33(20-24-17-26(30)27(31)18-28(24)34)29(36)23-9-11-25(37-2)12-10-23/h3-5,7-12,17-18H,6,13-16,19-20H2,1-2H3. The number of anilines is 1. The molecule has 1 aliphatic heterocycles. The van der Waals surface area contributed by atoms with Gasteiger partial charge in [0.1, 0.15) is 5.75 Å². The number of fused-ring (bicyclic) bond motifs is 1. The van der Waals surface area contributed by atoms with Gasteiger partial charge in [-0.2, -0.15) is 0 Å². The molecule has 0 spiro atoms. The van der Waals surface area contributed by atoms with Crippen molar-refractivity contribution in [2.24, 2.45) is 0 Å². The van der Waals surface area contributed by atoms with Crippen LogP contribution in [0.1, 0.15) is 34.8 Å². The van der Waals surface area contributed by atoms with Crippen LogP contribution >= 0.6 is 0 Å². The third kappa shape index (κ3) is 6.51. The Morgan fingerprint density at radius 1 is 0.892 bits per heavy atom. The molecule has 0 aliphatic carbocycles. The van der Waals surface area contributed by atoms with Crippen molar-refractivity contribution in [1.29, 1.82) is 0 Å². The Morgan fingerprint density at radius 2 is 1.59 bits per heavy atom. The average Bonchev–Trinajstić information content (AvgIpc) is 2.93. The molecular formula is C29H31F2N3O3. The van der Waals surface area contributed by atoms with Crippen molar-refractivity contribution < 1.29 is 23.1 Å². The molecule has 1 aliphatic rings. The first kappa shape index (κ1) is 26.3. The lowest BCUT2D eigenvalue weighted by atomic mass is 10.1. The molecule has 0 aromatic heterocycles. The van der Waals surface area contributed by atoms with Crippen LogP contribution in [0.25, 0.3) is 0 Å². The van der Waals surface area contributed by atoms with Crippen molar-refractivity contribution in [2.45, 2.75) is 26.4 Å². The van der Waals surface area contributed by atoms with Crippen LogP contribution in [0, 0.1) is 11.6 Å². The molecule has 1 heterocycles. The SMILES string of the molecule is COc1ccc(C(=O)N2CCN(Cc3ccccc3)CCCN(C(C)=O)c3cc(F)c(F)cc3C2)cc1. The second-order valence-corrected chi connectivity index (χ2v) is 9.14. The predicted molar refractivity (Wildman–Crippen MR) is 138 cm³/mol. The lowest BCUT2D eigenvalue weighted by molar-refractivity contribution is -0.116. The van der Waals surface area contributed by atoms with Gasteiger partial charge in [-0.25, -0.2) is 8.78 Å². The van der Waals surface area contributed by atoms with E-state index >= 15 is 0 Å². The number of hydrogen-bond donors (Lipinski definition) is 0. The first-order chi connectivity index (χ1) is 17.9. The van der Waals surface area contributed by atoms with Crippen LogP contribution in [0.4, 0.5) is 14.5 Å². The fourth-order valence-corrected chi connectivity index (χ4v) is 4.60. The van der Waals surface area contributed by atoms with E-state index in [1.807, 2.05) is 18.2 Å². The minimum Gasteiger partial charge on any atom is -0.497 e. The fourth-order valence-electron chi connectivity index (χ4n) is 4.60. The highest BCUT2D eigenvalue weighted by molar-refractivity contribution is 5.95. The largest absolute Gasteiger partial charge is 0.497 e. The molecule has 6 nitrogen and oxygen atoms in total. The van der Waals surface area contributed by atoms with Crippen molar-refractivity contribution in [3.8, 4) is 5.75 Å². The summed E-state index contributed by atoms with van der Waals surface area (Å²) >= 11 is 0. The van der Waals surface area contributed by atoms with Crippen molar-refractivity contribution in [1.82, 2.24) is 9.80 Å². The molecule has 0 fully saturated rings. The van der Waals surface area contributed by atoms with E-state index in [1.165, 1.54) is 11.8 Å². The van der Waals surface area contributed by atoms with Gasteiger partial charge in [-0.1, -0.05) is 30.3 Å². The Morgan fingerprint density at radius 3 is 2.27 bits per heavy atom. The van der Waals surface area contributed by atoms with Gasteiger partial charge in [0.15, 0.2) is 11.6 Å². The minimum absolute atomic E-state index is 0.0281. The Hall–Kier alpha value is -3.78. The van der Waals surface area contributed by atoms with Crippen molar-refractivity contribution in [3.05, 3.63) is 95.1 Å². The van der Waals surface area contributed by atoms with Gasteiger partial charge in [-0.15, -0.1) is 0 Å². The number of amides is 2. The van der Waals surface area contributed by atoms with E-state index in [2.05, 4.69) is 17.0 Å². The van der Waals surface area contributed by atoms with E-state index in [-0.39, 0.29) is 24.0 Å². The molecular weight excluding hydrogens is 476 g/mol. The van der Waals surface area contributed by atoms with Crippen LogP contribution in [0.5, 0.6) is 5.75 Å². The third-order valence-corrected chi connectivity index (χ3v) is 6.57. The summed E-state index contributed by atoms with van der Waals surface area (Å²) in [4.78, 5) is 31.5. The zero-order valence-electron chi connectivity index (χ0n) is 21.1. The van der Waals surface area contributed by atoms with Crippen molar-refractivity contribution in [2.75, 3.05) is 38.2 Å². The van der Waals surface area contributed by atoms with Gasteiger partial charge in [0.25, 0.3) is 5.91 Å². The van der Waals surface area contributed by atoms with Crippen molar-refractivity contribution >= 4 is 17.5 Å². The summed E-state index contributed by atoms with van der Waals surface area (Å²) in [5, 5.41) is 0. The molecule has 0 unspecified atom stereocenters. The Labute approximate surface area is 216 Å². The summed E-state index contributed by atoms with van der Waals surface area (Å²) in [6.07, 6.45) is 0.636.